The number of halogens is 2. The van der Waals surface area contributed by atoms with E-state index in [1.54, 1.807) is 55.7 Å². The fraction of sp³-hybridized carbons (Fsp3) is 0.0833. The van der Waals surface area contributed by atoms with Crippen molar-refractivity contribution < 1.29 is 19.4 Å². The highest BCUT2D eigenvalue weighted by molar-refractivity contribution is 14.1. The minimum atomic E-state index is -0.970. The lowest BCUT2D eigenvalue weighted by Crippen LogP contribution is -2.01. The van der Waals surface area contributed by atoms with Gasteiger partial charge in [-0.3, -0.25) is 0 Å². The first-order valence-corrected chi connectivity index (χ1v) is 10.6. The largest absolute Gasteiger partial charge is 0.493 e. The molecule has 0 amide bonds. The van der Waals surface area contributed by atoms with Gasteiger partial charge in [0.1, 0.15) is 6.61 Å². The molecule has 1 N–H and O–H groups in total. The fourth-order valence-electron chi connectivity index (χ4n) is 2.84. The summed E-state index contributed by atoms with van der Waals surface area (Å²) < 4.78 is 12.3. The zero-order chi connectivity index (χ0) is 22.4. The number of methoxy groups -OCH3 is 1. The SMILES string of the molecule is COc1cc(/C=C(\C#N)c2ccc(Cl)cc2)cc(I)c1OCc1ccc(C(=O)O)cc1. The Balaban J connectivity index is 1.84. The van der Waals surface area contributed by atoms with Crippen molar-refractivity contribution in [1.29, 1.82) is 5.26 Å². The number of carboxylic acid groups (broad SMARTS) is 1. The third kappa shape index (κ3) is 5.78. The van der Waals surface area contributed by atoms with E-state index in [1.165, 1.54) is 12.1 Å². The van der Waals surface area contributed by atoms with Crippen molar-refractivity contribution in [2.24, 2.45) is 0 Å². The molecule has 0 unspecified atom stereocenters. The highest BCUT2D eigenvalue weighted by Crippen LogP contribution is 2.35. The fourth-order valence-corrected chi connectivity index (χ4v) is 3.75. The summed E-state index contributed by atoms with van der Waals surface area (Å²) in [6, 6.07) is 19.5. The average molecular weight is 546 g/mol. The zero-order valence-corrected chi connectivity index (χ0v) is 19.3. The van der Waals surface area contributed by atoms with Gasteiger partial charge in [-0.25, -0.2) is 4.79 Å². The monoisotopic (exact) mass is 545 g/mol. The van der Waals surface area contributed by atoms with Crippen molar-refractivity contribution in [1.82, 2.24) is 0 Å². The number of nitriles is 1. The number of aromatic carboxylic acids is 1. The summed E-state index contributed by atoms with van der Waals surface area (Å²) in [7, 11) is 1.55. The van der Waals surface area contributed by atoms with E-state index in [0.717, 1.165) is 20.3 Å². The Labute approximate surface area is 198 Å². The van der Waals surface area contributed by atoms with Gasteiger partial charge in [-0.2, -0.15) is 5.26 Å². The van der Waals surface area contributed by atoms with Crippen LogP contribution >= 0.6 is 34.2 Å². The molecular weight excluding hydrogens is 529 g/mol. The molecule has 5 nitrogen and oxygen atoms in total. The van der Waals surface area contributed by atoms with Crippen LogP contribution in [0.4, 0.5) is 0 Å². The Morgan fingerprint density at radius 3 is 2.35 bits per heavy atom. The number of nitrogens with zero attached hydrogens (tertiary/aromatic N) is 1. The Morgan fingerprint density at radius 1 is 1.13 bits per heavy atom. The summed E-state index contributed by atoms with van der Waals surface area (Å²) in [5.74, 6) is 0.143. The van der Waals surface area contributed by atoms with Crippen LogP contribution in [0.2, 0.25) is 5.02 Å². The van der Waals surface area contributed by atoms with Crippen LogP contribution in [0, 0.1) is 14.9 Å². The molecule has 31 heavy (non-hydrogen) atoms. The topological polar surface area (TPSA) is 79.5 Å². The second-order valence-electron chi connectivity index (χ2n) is 6.50. The first kappa shape index (κ1) is 22.7. The summed E-state index contributed by atoms with van der Waals surface area (Å²) >= 11 is 8.09. The molecule has 3 rings (SSSR count). The lowest BCUT2D eigenvalue weighted by atomic mass is 10.0. The molecule has 0 heterocycles. The maximum Gasteiger partial charge on any atom is 0.335 e. The Bertz CT molecular complexity index is 1170. The van der Waals surface area contributed by atoms with Crippen molar-refractivity contribution >= 4 is 51.8 Å². The third-order valence-electron chi connectivity index (χ3n) is 4.42. The molecule has 7 heteroatoms. The molecule has 156 valence electrons. The molecule has 0 saturated heterocycles. The molecule has 0 aliphatic rings. The maximum absolute atomic E-state index is 11.0. The van der Waals surface area contributed by atoms with Crippen molar-refractivity contribution in [2.45, 2.75) is 6.61 Å². The van der Waals surface area contributed by atoms with Crippen molar-refractivity contribution in [2.75, 3.05) is 7.11 Å². The van der Waals surface area contributed by atoms with Crippen molar-refractivity contribution in [3.8, 4) is 17.6 Å². The van der Waals surface area contributed by atoms with E-state index in [1.807, 2.05) is 6.07 Å². The Morgan fingerprint density at radius 2 is 1.77 bits per heavy atom. The van der Waals surface area contributed by atoms with Crippen LogP contribution in [0.3, 0.4) is 0 Å². The van der Waals surface area contributed by atoms with Gasteiger partial charge in [-0.1, -0.05) is 35.9 Å². The van der Waals surface area contributed by atoms with E-state index in [0.29, 0.717) is 22.1 Å². The highest BCUT2D eigenvalue weighted by Gasteiger charge is 2.13. The number of carbonyl (C=O) groups is 1. The minimum Gasteiger partial charge on any atom is -0.493 e. The molecule has 3 aromatic carbocycles. The molecule has 0 aromatic heterocycles. The lowest BCUT2D eigenvalue weighted by molar-refractivity contribution is 0.0697. The van der Waals surface area contributed by atoms with Gasteiger partial charge in [0.25, 0.3) is 0 Å². The zero-order valence-electron chi connectivity index (χ0n) is 16.4. The molecule has 0 bridgehead atoms. The molecule has 0 spiro atoms. The van der Waals surface area contributed by atoms with Gasteiger partial charge in [-0.05, 0) is 81.8 Å². The minimum absolute atomic E-state index is 0.223. The number of carboxylic acids is 1. The van der Waals surface area contributed by atoms with Crippen LogP contribution in [0.1, 0.15) is 27.0 Å². The average Bonchev–Trinajstić information content (AvgIpc) is 2.77. The predicted octanol–water partition coefficient (Wildman–Crippen LogP) is 6.29. The second-order valence-corrected chi connectivity index (χ2v) is 8.10. The van der Waals surface area contributed by atoms with Gasteiger partial charge < -0.3 is 14.6 Å². The summed E-state index contributed by atoms with van der Waals surface area (Å²) in [5, 5.41) is 19.2. The summed E-state index contributed by atoms with van der Waals surface area (Å²) in [6.45, 7) is 0.260. The molecule has 0 fully saturated rings. The van der Waals surface area contributed by atoms with Crippen molar-refractivity contribution in [3.63, 3.8) is 0 Å². The van der Waals surface area contributed by atoms with Crippen LogP contribution in [0.15, 0.2) is 60.7 Å². The smallest absolute Gasteiger partial charge is 0.335 e. The lowest BCUT2D eigenvalue weighted by Gasteiger charge is -2.14. The number of benzene rings is 3. The predicted molar refractivity (Wildman–Crippen MR) is 128 cm³/mol. The molecule has 0 aliphatic carbocycles. The normalized spacial score (nSPS) is 11.0. The number of rotatable bonds is 7. The Kier molecular flexibility index (Phi) is 7.55. The van der Waals surface area contributed by atoms with Gasteiger partial charge in [-0.15, -0.1) is 0 Å². The number of hydrogen-bond donors (Lipinski definition) is 1. The van der Waals surface area contributed by atoms with Crippen molar-refractivity contribution in [3.05, 3.63) is 91.5 Å². The number of allylic oxidation sites excluding steroid dienone is 1. The van der Waals surface area contributed by atoms with E-state index < -0.39 is 5.97 Å². The summed E-state index contributed by atoms with van der Waals surface area (Å²) in [5.41, 5.74) is 3.13. The van der Waals surface area contributed by atoms with E-state index in [2.05, 4.69) is 28.7 Å². The summed E-state index contributed by atoms with van der Waals surface area (Å²) in [6.07, 6.45) is 1.78. The van der Waals surface area contributed by atoms with E-state index in [4.69, 9.17) is 26.2 Å². The first-order chi connectivity index (χ1) is 14.9. The van der Waals surface area contributed by atoms with Crippen LogP contribution < -0.4 is 9.47 Å². The van der Waals surface area contributed by atoms with Crippen LogP contribution in [0.5, 0.6) is 11.5 Å². The number of ether oxygens (including phenoxy) is 2. The van der Waals surface area contributed by atoms with Gasteiger partial charge in [0.15, 0.2) is 11.5 Å². The maximum atomic E-state index is 11.0. The molecule has 0 aliphatic heterocycles. The van der Waals surface area contributed by atoms with E-state index in [9.17, 15) is 10.1 Å². The van der Waals surface area contributed by atoms with Crippen LogP contribution in [0.25, 0.3) is 11.6 Å². The molecule has 0 atom stereocenters. The van der Waals surface area contributed by atoms with Crippen LogP contribution in [-0.4, -0.2) is 18.2 Å². The molecule has 3 aromatic rings. The first-order valence-electron chi connectivity index (χ1n) is 9.11. The summed E-state index contributed by atoms with van der Waals surface area (Å²) in [4.78, 5) is 11.0. The second kappa shape index (κ2) is 10.3. The number of hydrogen-bond acceptors (Lipinski definition) is 4. The third-order valence-corrected chi connectivity index (χ3v) is 5.48. The molecule has 0 saturated carbocycles. The van der Waals surface area contributed by atoms with Gasteiger partial charge in [0.05, 0.1) is 27.9 Å². The quantitative estimate of drug-likeness (QED) is 0.214. The molecule has 0 radical (unpaired) electrons. The van der Waals surface area contributed by atoms with Gasteiger partial charge in [0, 0.05) is 5.02 Å². The van der Waals surface area contributed by atoms with Gasteiger partial charge in [0.2, 0.25) is 0 Å². The van der Waals surface area contributed by atoms with Gasteiger partial charge >= 0.3 is 5.97 Å². The molecular formula is C24H17ClINO4. The van der Waals surface area contributed by atoms with E-state index >= 15 is 0 Å². The van der Waals surface area contributed by atoms with E-state index in [-0.39, 0.29) is 12.2 Å². The Hall–Kier alpha value is -3.02. The standard InChI is InChI=1S/C24H17ClINO4/c1-30-22-12-16(10-19(13-27)17-6-8-20(25)9-7-17)11-21(26)23(22)31-14-15-2-4-18(5-3-15)24(28)29/h2-12H,14H2,1H3,(H,28,29)/b19-10+. The van der Waals surface area contributed by atoms with Crippen LogP contribution in [-0.2, 0) is 6.61 Å². The highest BCUT2D eigenvalue weighted by atomic mass is 127.